The Morgan fingerprint density at radius 1 is 1.17 bits per heavy atom. The predicted molar refractivity (Wildman–Crippen MR) is 95.7 cm³/mol. The van der Waals surface area contributed by atoms with Gasteiger partial charge in [0.05, 0.1) is 16.7 Å². The number of sulfone groups is 1. The summed E-state index contributed by atoms with van der Waals surface area (Å²) in [6.45, 7) is 7.42. The van der Waals surface area contributed by atoms with Crippen molar-refractivity contribution in [1.29, 1.82) is 0 Å². The fraction of sp³-hybridized carbons (Fsp3) is 0.444. The van der Waals surface area contributed by atoms with Crippen molar-refractivity contribution in [3.8, 4) is 0 Å². The summed E-state index contributed by atoms with van der Waals surface area (Å²) in [7, 11) is -1.14. The van der Waals surface area contributed by atoms with Crippen LogP contribution in [0.5, 0.6) is 0 Å². The van der Waals surface area contributed by atoms with Crippen molar-refractivity contribution >= 4 is 21.2 Å². The van der Waals surface area contributed by atoms with Gasteiger partial charge in [0.25, 0.3) is 0 Å². The molecule has 1 aromatic heterocycles. The third-order valence-corrected chi connectivity index (χ3v) is 7.62. The molecule has 1 atom stereocenters. The highest BCUT2D eigenvalue weighted by atomic mass is 32.2. The van der Waals surface area contributed by atoms with Crippen LogP contribution in [0.25, 0.3) is 0 Å². The Labute approximate surface area is 142 Å². The van der Waals surface area contributed by atoms with Crippen LogP contribution in [0.2, 0.25) is 0 Å². The van der Waals surface area contributed by atoms with Gasteiger partial charge in [-0.1, -0.05) is 39.0 Å². The highest BCUT2D eigenvalue weighted by Gasteiger charge is 2.36. The lowest BCUT2D eigenvalue weighted by Crippen LogP contribution is -2.25. The highest BCUT2D eigenvalue weighted by Crippen LogP contribution is 2.38. The van der Waals surface area contributed by atoms with Crippen molar-refractivity contribution in [2.24, 2.45) is 0 Å². The van der Waals surface area contributed by atoms with Gasteiger partial charge in [-0.05, 0) is 36.2 Å². The first kappa shape index (κ1) is 16.7. The van der Waals surface area contributed by atoms with E-state index in [9.17, 15) is 8.42 Å². The molecular weight excluding hydrogens is 326 g/mol. The van der Waals surface area contributed by atoms with Crippen LogP contribution in [0, 0.1) is 0 Å². The van der Waals surface area contributed by atoms with Gasteiger partial charge in [-0.25, -0.2) is 8.42 Å². The van der Waals surface area contributed by atoms with Gasteiger partial charge >= 0.3 is 0 Å². The van der Waals surface area contributed by atoms with E-state index >= 15 is 0 Å². The first-order valence-corrected chi connectivity index (χ1v) is 10.3. The lowest BCUT2D eigenvalue weighted by Gasteiger charge is -2.23. The van der Waals surface area contributed by atoms with E-state index in [-0.39, 0.29) is 17.2 Å². The molecule has 1 aliphatic heterocycles. The van der Waals surface area contributed by atoms with Crippen LogP contribution >= 0.6 is 11.3 Å². The van der Waals surface area contributed by atoms with Gasteiger partial charge in [0, 0.05) is 16.3 Å². The zero-order valence-corrected chi connectivity index (χ0v) is 15.7. The minimum Gasteiger partial charge on any atom is -0.293 e. The molecule has 3 rings (SSSR count). The second-order valence-electron chi connectivity index (χ2n) is 7.27. The summed E-state index contributed by atoms with van der Waals surface area (Å²) >= 11 is 1.82. The van der Waals surface area contributed by atoms with Crippen molar-refractivity contribution in [3.05, 3.63) is 51.7 Å². The Balaban J connectivity index is 1.82. The number of hydrogen-bond acceptors (Lipinski definition) is 4. The van der Waals surface area contributed by atoms with E-state index in [4.69, 9.17) is 0 Å². The normalized spacial score (nSPS) is 20.0. The summed E-state index contributed by atoms with van der Waals surface area (Å²) in [5.41, 5.74) is 1.09. The average molecular weight is 350 g/mol. The van der Waals surface area contributed by atoms with Crippen molar-refractivity contribution in [3.63, 3.8) is 0 Å². The molecule has 0 unspecified atom stereocenters. The molecule has 0 bridgehead atoms. The van der Waals surface area contributed by atoms with Crippen molar-refractivity contribution in [1.82, 2.24) is 4.90 Å². The van der Waals surface area contributed by atoms with Crippen LogP contribution in [0.1, 0.15) is 42.1 Å². The van der Waals surface area contributed by atoms with Gasteiger partial charge in [-0.3, -0.25) is 4.90 Å². The molecule has 3 nitrogen and oxygen atoms in total. The van der Waals surface area contributed by atoms with E-state index in [1.165, 1.54) is 9.75 Å². The number of benzene rings is 1. The molecule has 2 heterocycles. The van der Waals surface area contributed by atoms with Crippen LogP contribution in [-0.2, 0) is 21.8 Å². The minimum absolute atomic E-state index is 0.0589. The Hall–Kier alpha value is -1.17. The Kier molecular flexibility index (Phi) is 4.15. The Morgan fingerprint density at radius 3 is 2.52 bits per heavy atom. The molecule has 0 fully saturated rings. The first-order chi connectivity index (χ1) is 10.7. The molecule has 0 radical (unpaired) electrons. The minimum atomic E-state index is -3.15. The van der Waals surface area contributed by atoms with Gasteiger partial charge in [-0.2, -0.15) is 0 Å². The van der Waals surface area contributed by atoms with E-state index in [1.807, 2.05) is 30.5 Å². The van der Waals surface area contributed by atoms with Crippen LogP contribution < -0.4 is 0 Å². The maximum absolute atomic E-state index is 12.3. The zero-order chi connectivity index (χ0) is 16.8. The number of rotatable bonds is 3. The molecule has 0 spiro atoms. The summed E-state index contributed by atoms with van der Waals surface area (Å²) < 4.78 is 24.7. The van der Waals surface area contributed by atoms with Crippen molar-refractivity contribution in [2.45, 2.75) is 43.7 Å². The van der Waals surface area contributed by atoms with E-state index in [2.05, 4.69) is 37.8 Å². The van der Waals surface area contributed by atoms with Crippen LogP contribution in [0.3, 0.4) is 0 Å². The molecule has 5 heteroatoms. The van der Waals surface area contributed by atoms with E-state index in [0.29, 0.717) is 4.90 Å². The molecule has 2 aromatic rings. The molecule has 0 saturated carbocycles. The molecule has 0 aliphatic carbocycles. The monoisotopic (exact) mass is 349 g/mol. The topological polar surface area (TPSA) is 37.4 Å². The maximum Gasteiger partial charge on any atom is 0.180 e. The van der Waals surface area contributed by atoms with E-state index < -0.39 is 9.84 Å². The SMILES string of the molecule is CN(Cc1ccc(C(C)(C)C)s1)[C@@H]1CS(=O)(=O)c2ccccc21. The standard InChI is InChI=1S/C18H23NO2S2/c1-18(2,3)17-10-9-13(22-17)11-19(4)15-12-23(20,21)16-8-6-5-7-14(15)16/h5-10,15H,11-12H2,1-4H3/t15-/m1/s1. The second-order valence-corrected chi connectivity index (χ2v) is 10.4. The quantitative estimate of drug-likeness (QED) is 0.840. The van der Waals surface area contributed by atoms with Crippen LogP contribution in [-0.4, -0.2) is 26.1 Å². The number of thiophene rings is 1. The smallest absolute Gasteiger partial charge is 0.180 e. The number of hydrogen-bond donors (Lipinski definition) is 0. The summed E-state index contributed by atoms with van der Waals surface area (Å²) in [6, 6.07) is 11.7. The van der Waals surface area contributed by atoms with Gasteiger partial charge in [0.1, 0.15) is 0 Å². The van der Waals surface area contributed by atoms with E-state index in [0.717, 1.165) is 12.1 Å². The fourth-order valence-electron chi connectivity index (χ4n) is 3.01. The molecular formula is C18H23NO2S2. The highest BCUT2D eigenvalue weighted by molar-refractivity contribution is 7.91. The lowest BCUT2D eigenvalue weighted by molar-refractivity contribution is 0.259. The summed E-state index contributed by atoms with van der Waals surface area (Å²) in [4.78, 5) is 5.29. The molecule has 0 amide bonds. The Bertz CT molecular complexity index is 816. The number of nitrogens with zero attached hydrogens (tertiary/aromatic N) is 1. The molecule has 1 aliphatic rings. The number of fused-ring (bicyclic) bond motifs is 1. The van der Waals surface area contributed by atoms with Crippen molar-refractivity contribution in [2.75, 3.05) is 12.8 Å². The van der Waals surface area contributed by atoms with Crippen LogP contribution in [0.4, 0.5) is 0 Å². The van der Waals surface area contributed by atoms with Crippen molar-refractivity contribution < 1.29 is 8.42 Å². The Morgan fingerprint density at radius 2 is 1.87 bits per heavy atom. The van der Waals surface area contributed by atoms with Gasteiger partial charge in [0.2, 0.25) is 0 Å². The summed E-state index contributed by atoms with van der Waals surface area (Å²) in [5.74, 6) is 0.181. The molecule has 0 N–H and O–H groups in total. The molecule has 0 saturated heterocycles. The van der Waals surface area contributed by atoms with Gasteiger partial charge in [-0.15, -0.1) is 11.3 Å². The predicted octanol–water partition coefficient (Wildman–Crippen LogP) is 4.01. The maximum atomic E-state index is 12.3. The summed E-state index contributed by atoms with van der Waals surface area (Å²) in [5, 5.41) is 0. The second kappa shape index (κ2) is 5.72. The third kappa shape index (κ3) is 3.23. The van der Waals surface area contributed by atoms with Gasteiger partial charge < -0.3 is 0 Å². The average Bonchev–Trinajstić information content (AvgIpc) is 3.02. The molecule has 124 valence electrons. The fourth-order valence-corrected chi connectivity index (χ4v) is 6.02. The van der Waals surface area contributed by atoms with E-state index in [1.54, 1.807) is 12.1 Å². The largest absolute Gasteiger partial charge is 0.293 e. The molecule has 1 aromatic carbocycles. The third-order valence-electron chi connectivity index (χ3n) is 4.33. The first-order valence-electron chi connectivity index (χ1n) is 7.79. The van der Waals surface area contributed by atoms with Crippen LogP contribution in [0.15, 0.2) is 41.3 Å². The zero-order valence-electron chi connectivity index (χ0n) is 14.0. The van der Waals surface area contributed by atoms with Gasteiger partial charge in [0.15, 0.2) is 9.84 Å². The summed E-state index contributed by atoms with van der Waals surface area (Å²) in [6.07, 6.45) is 0. The lowest BCUT2D eigenvalue weighted by atomic mass is 9.95. The molecule has 23 heavy (non-hydrogen) atoms.